The van der Waals surface area contributed by atoms with Gasteiger partial charge in [0.15, 0.2) is 0 Å². The molecule has 2 amide bonds. The Bertz CT molecular complexity index is 1150. The molecule has 0 spiro atoms. The average Bonchev–Trinajstić information content (AvgIpc) is 2.81. The van der Waals surface area contributed by atoms with E-state index in [0.717, 1.165) is 16.7 Å². The van der Waals surface area contributed by atoms with Gasteiger partial charge in [0.2, 0.25) is 5.91 Å². The highest BCUT2D eigenvalue weighted by molar-refractivity contribution is 5.97. The molecule has 3 aromatic carbocycles. The molecule has 0 radical (unpaired) electrons. The van der Waals surface area contributed by atoms with Crippen molar-refractivity contribution in [1.82, 2.24) is 9.80 Å². The van der Waals surface area contributed by atoms with Gasteiger partial charge in [-0.15, -0.1) is 0 Å². The van der Waals surface area contributed by atoms with E-state index >= 15 is 0 Å². The SMILES string of the molecule is O=C(c1ccccc1F)N1CC(=O)N2[C@H](CO)[C@H](c3ccc(-c4ccccc4)cc3)[C@@H]2C1. The molecular weight excluding hydrogens is 407 g/mol. The van der Waals surface area contributed by atoms with Crippen molar-refractivity contribution in [3.63, 3.8) is 0 Å². The lowest BCUT2D eigenvalue weighted by molar-refractivity contribution is -0.159. The molecule has 2 heterocycles. The Balaban J connectivity index is 1.40. The van der Waals surface area contributed by atoms with Gasteiger partial charge in [-0.2, -0.15) is 0 Å². The summed E-state index contributed by atoms with van der Waals surface area (Å²) in [5, 5.41) is 9.97. The van der Waals surface area contributed by atoms with Gasteiger partial charge in [0, 0.05) is 12.5 Å². The van der Waals surface area contributed by atoms with Gasteiger partial charge in [-0.25, -0.2) is 4.39 Å². The predicted molar refractivity (Wildman–Crippen MR) is 118 cm³/mol. The molecule has 2 fully saturated rings. The first-order chi connectivity index (χ1) is 15.6. The maximum absolute atomic E-state index is 14.1. The minimum Gasteiger partial charge on any atom is -0.394 e. The molecule has 0 aliphatic carbocycles. The number of benzene rings is 3. The second-order valence-corrected chi connectivity index (χ2v) is 8.30. The van der Waals surface area contributed by atoms with Gasteiger partial charge < -0.3 is 14.9 Å². The lowest BCUT2D eigenvalue weighted by Gasteiger charge is -2.58. The monoisotopic (exact) mass is 430 g/mol. The van der Waals surface area contributed by atoms with Crippen LogP contribution in [0.4, 0.5) is 4.39 Å². The molecule has 2 aliphatic heterocycles. The third-order valence-electron chi connectivity index (χ3n) is 6.55. The van der Waals surface area contributed by atoms with Crippen molar-refractivity contribution in [2.75, 3.05) is 19.7 Å². The molecular formula is C26H23FN2O3. The fourth-order valence-corrected chi connectivity index (χ4v) is 4.99. The zero-order valence-corrected chi connectivity index (χ0v) is 17.4. The normalized spacial score (nSPS) is 22.3. The van der Waals surface area contributed by atoms with Crippen molar-refractivity contribution in [3.8, 4) is 11.1 Å². The number of piperazine rings is 1. The molecule has 6 heteroatoms. The van der Waals surface area contributed by atoms with Gasteiger partial charge in [-0.3, -0.25) is 9.59 Å². The van der Waals surface area contributed by atoms with Gasteiger partial charge in [0.1, 0.15) is 12.4 Å². The molecule has 162 valence electrons. The van der Waals surface area contributed by atoms with E-state index in [1.807, 2.05) is 54.6 Å². The zero-order chi connectivity index (χ0) is 22.2. The van der Waals surface area contributed by atoms with Crippen molar-refractivity contribution in [3.05, 3.63) is 95.8 Å². The summed E-state index contributed by atoms with van der Waals surface area (Å²) in [6.45, 7) is 0.0505. The van der Waals surface area contributed by atoms with Gasteiger partial charge in [-0.05, 0) is 28.8 Å². The molecule has 2 saturated heterocycles. The highest BCUT2D eigenvalue weighted by Gasteiger charge is 2.54. The third-order valence-corrected chi connectivity index (χ3v) is 6.55. The van der Waals surface area contributed by atoms with Crippen LogP contribution in [-0.2, 0) is 4.79 Å². The quantitative estimate of drug-likeness (QED) is 0.691. The molecule has 2 aliphatic rings. The smallest absolute Gasteiger partial charge is 0.257 e. The summed E-state index contributed by atoms with van der Waals surface area (Å²) < 4.78 is 14.1. The van der Waals surface area contributed by atoms with Crippen LogP contribution in [0.3, 0.4) is 0 Å². The van der Waals surface area contributed by atoms with Crippen LogP contribution >= 0.6 is 0 Å². The van der Waals surface area contributed by atoms with E-state index in [-0.39, 0.29) is 42.6 Å². The Morgan fingerprint density at radius 2 is 1.59 bits per heavy atom. The van der Waals surface area contributed by atoms with Crippen LogP contribution in [0.5, 0.6) is 0 Å². The maximum atomic E-state index is 14.1. The van der Waals surface area contributed by atoms with Crippen LogP contribution in [0.25, 0.3) is 11.1 Å². The van der Waals surface area contributed by atoms with Gasteiger partial charge in [0.05, 0.1) is 24.3 Å². The van der Waals surface area contributed by atoms with Crippen molar-refractivity contribution in [2.24, 2.45) is 0 Å². The molecule has 1 N–H and O–H groups in total. The minimum absolute atomic E-state index is 0.0319. The lowest BCUT2D eigenvalue weighted by Crippen LogP contribution is -2.73. The average molecular weight is 430 g/mol. The largest absolute Gasteiger partial charge is 0.394 e. The van der Waals surface area contributed by atoms with E-state index in [1.54, 1.807) is 11.0 Å². The molecule has 0 bridgehead atoms. The molecule has 5 rings (SSSR count). The number of hydrogen-bond acceptors (Lipinski definition) is 3. The topological polar surface area (TPSA) is 60.9 Å². The summed E-state index contributed by atoms with van der Waals surface area (Å²) in [7, 11) is 0. The summed E-state index contributed by atoms with van der Waals surface area (Å²) in [5.74, 6) is -1.39. The van der Waals surface area contributed by atoms with Crippen molar-refractivity contribution in [2.45, 2.75) is 18.0 Å². The van der Waals surface area contributed by atoms with Crippen LogP contribution in [0.1, 0.15) is 21.8 Å². The van der Waals surface area contributed by atoms with E-state index < -0.39 is 11.7 Å². The minimum atomic E-state index is -0.595. The summed E-state index contributed by atoms with van der Waals surface area (Å²) in [6.07, 6.45) is 0. The number of nitrogens with zero attached hydrogens (tertiary/aromatic N) is 2. The van der Waals surface area contributed by atoms with Crippen LogP contribution in [0.15, 0.2) is 78.9 Å². The molecule has 0 aromatic heterocycles. The van der Waals surface area contributed by atoms with Gasteiger partial charge in [-0.1, -0.05) is 66.7 Å². The fraction of sp³-hybridized carbons (Fsp3) is 0.231. The Labute approximate surface area is 185 Å². The van der Waals surface area contributed by atoms with Gasteiger partial charge in [0.25, 0.3) is 5.91 Å². The number of rotatable bonds is 4. The number of amides is 2. The highest BCUT2D eigenvalue weighted by atomic mass is 19.1. The number of carbonyl (C=O) groups is 2. The summed E-state index contributed by atoms with van der Waals surface area (Å²) in [4.78, 5) is 28.8. The zero-order valence-electron chi connectivity index (χ0n) is 17.4. The molecule has 0 saturated carbocycles. The van der Waals surface area contributed by atoms with Crippen molar-refractivity contribution in [1.29, 1.82) is 0 Å². The molecule has 5 nitrogen and oxygen atoms in total. The van der Waals surface area contributed by atoms with Crippen LogP contribution in [0.2, 0.25) is 0 Å². The molecule has 0 unspecified atom stereocenters. The Hall–Kier alpha value is -3.51. The van der Waals surface area contributed by atoms with E-state index in [4.69, 9.17) is 0 Å². The number of hydrogen-bond donors (Lipinski definition) is 1. The van der Waals surface area contributed by atoms with E-state index in [9.17, 15) is 19.1 Å². The fourth-order valence-electron chi connectivity index (χ4n) is 4.99. The molecule has 3 atom stereocenters. The van der Waals surface area contributed by atoms with Crippen LogP contribution in [0, 0.1) is 5.82 Å². The van der Waals surface area contributed by atoms with Crippen LogP contribution < -0.4 is 0 Å². The third kappa shape index (κ3) is 3.37. The van der Waals surface area contributed by atoms with E-state index in [1.165, 1.54) is 23.1 Å². The Kier molecular flexibility index (Phi) is 5.23. The number of halogens is 1. The number of fused-ring (bicyclic) bond motifs is 1. The first-order valence-electron chi connectivity index (χ1n) is 10.7. The summed E-state index contributed by atoms with van der Waals surface area (Å²) >= 11 is 0. The first kappa shape index (κ1) is 20.4. The molecule has 3 aromatic rings. The Morgan fingerprint density at radius 3 is 2.28 bits per heavy atom. The van der Waals surface area contributed by atoms with E-state index in [0.29, 0.717) is 6.54 Å². The number of aliphatic hydroxyl groups is 1. The first-order valence-corrected chi connectivity index (χ1v) is 10.7. The van der Waals surface area contributed by atoms with Crippen molar-refractivity contribution < 1.29 is 19.1 Å². The molecule has 32 heavy (non-hydrogen) atoms. The predicted octanol–water partition coefficient (Wildman–Crippen LogP) is 3.30. The maximum Gasteiger partial charge on any atom is 0.257 e. The second kappa shape index (κ2) is 8.20. The van der Waals surface area contributed by atoms with Gasteiger partial charge >= 0.3 is 0 Å². The Morgan fingerprint density at radius 1 is 0.938 bits per heavy atom. The summed E-state index contributed by atoms with van der Waals surface area (Å²) in [5.41, 5.74) is 3.18. The van der Waals surface area contributed by atoms with Crippen LogP contribution in [-0.4, -0.2) is 58.5 Å². The number of carbonyl (C=O) groups excluding carboxylic acids is 2. The lowest BCUT2D eigenvalue weighted by atomic mass is 9.73. The highest BCUT2D eigenvalue weighted by Crippen LogP contribution is 2.43. The number of aliphatic hydroxyl groups excluding tert-OH is 1. The van der Waals surface area contributed by atoms with E-state index in [2.05, 4.69) is 0 Å². The second-order valence-electron chi connectivity index (χ2n) is 8.30. The summed E-state index contributed by atoms with van der Waals surface area (Å²) in [6, 6.07) is 23.4. The van der Waals surface area contributed by atoms with Crippen molar-refractivity contribution >= 4 is 11.8 Å². The standard InChI is InChI=1S/C26H23FN2O3/c27-21-9-5-4-8-20(21)26(32)28-14-22-25(23(16-30)29(22)24(31)15-28)19-12-10-18(11-13-19)17-6-2-1-3-7-17/h1-13,22-23,25,30H,14-16H2/t22-,23+,25+/m0/s1.